The molecule has 2 fully saturated rings. The predicted octanol–water partition coefficient (Wildman–Crippen LogP) is 1.20. The van der Waals surface area contributed by atoms with Crippen LogP contribution in [0.1, 0.15) is 38.1 Å². The van der Waals surface area contributed by atoms with Crippen molar-refractivity contribution >= 4 is 10.1 Å². The predicted molar refractivity (Wildman–Crippen MR) is 119 cm³/mol. The fraction of sp³-hybridized carbons (Fsp3) is 0.545. The van der Waals surface area contributed by atoms with E-state index < -0.39 is 51.7 Å². The van der Waals surface area contributed by atoms with Gasteiger partial charge in [0.2, 0.25) is 0 Å². The van der Waals surface area contributed by atoms with E-state index in [4.69, 9.17) is 23.1 Å². The maximum Gasteiger partial charge on any atom is 0.330 e. The number of nitrogens with one attached hydrogen (secondary N) is 1. The van der Waals surface area contributed by atoms with Gasteiger partial charge in [0, 0.05) is 12.8 Å². The third kappa shape index (κ3) is 5.02. The lowest BCUT2D eigenvalue weighted by Gasteiger charge is -2.25. The standard InChI is InChI=1S/C22H28N2O9S/c1-5-29-11-14-10-24(21(26)23-19(14)25)20-18-17(32-22(3,4)33-18)16(31-20)12-30-34(27,28)15-8-6-13(2)7-9-15/h6-10,16-18,20H,5,11-12H2,1-4H3,(H,23,25,26)/t16-,17-,18-,20-/m1/s1. The molecule has 34 heavy (non-hydrogen) atoms. The van der Waals surface area contributed by atoms with Gasteiger partial charge in [0.1, 0.15) is 18.3 Å². The van der Waals surface area contributed by atoms with Crippen LogP contribution in [-0.4, -0.2) is 55.3 Å². The molecule has 0 aliphatic carbocycles. The zero-order valence-electron chi connectivity index (χ0n) is 19.3. The summed E-state index contributed by atoms with van der Waals surface area (Å²) in [5.74, 6) is -0.995. The highest BCUT2D eigenvalue weighted by atomic mass is 32.2. The lowest BCUT2D eigenvalue weighted by atomic mass is 10.1. The fourth-order valence-electron chi connectivity index (χ4n) is 3.98. The summed E-state index contributed by atoms with van der Waals surface area (Å²) in [5.41, 5.74) is -0.104. The van der Waals surface area contributed by atoms with Crippen molar-refractivity contribution in [2.75, 3.05) is 13.2 Å². The van der Waals surface area contributed by atoms with Gasteiger partial charge >= 0.3 is 5.69 Å². The molecule has 0 amide bonds. The highest BCUT2D eigenvalue weighted by molar-refractivity contribution is 7.86. The molecule has 1 aromatic carbocycles. The van der Waals surface area contributed by atoms with E-state index in [1.165, 1.54) is 22.9 Å². The number of H-pyrrole nitrogens is 1. The second-order valence-electron chi connectivity index (χ2n) is 8.64. The monoisotopic (exact) mass is 496 g/mol. The van der Waals surface area contributed by atoms with Crippen LogP contribution in [0.3, 0.4) is 0 Å². The Morgan fingerprint density at radius 2 is 1.79 bits per heavy atom. The molecule has 1 aromatic heterocycles. The molecule has 0 saturated carbocycles. The Bertz CT molecular complexity index is 1250. The second-order valence-corrected chi connectivity index (χ2v) is 10.3. The highest BCUT2D eigenvalue weighted by Crippen LogP contribution is 2.42. The van der Waals surface area contributed by atoms with Gasteiger partial charge in [-0.2, -0.15) is 8.42 Å². The first kappa shape index (κ1) is 24.8. The molecular formula is C22H28N2O9S. The second kappa shape index (κ2) is 9.36. The smallest absolute Gasteiger partial charge is 0.330 e. The van der Waals surface area contributed by atoms with Crippen LogP contribution in [0.2, 0.25) is 0 Å². The van der Waals surface area contributed by atoms with E-state index in [9.17, 15) is 18.0 Å². The van der Waals surface area contributed by atoms with Gasteiger partial charge in [0.15, 0.2) is 12.0 Å². The van der Waals surface area contributed by atoms with E-state index in [-0.39, 0.29) is 23.7 Å². The van der Waals surface area contributed by atoms with Crippen LogP contribution in [0.4, 0.5) is 0 Å². The number of hydrogen-bond acceptors (Lipinski definition) is 9. The molecule has 0 unspecified atom stereocenters. The lowest BCUT2D eigenvalue weighted by molar-refractivity contribution is -0.199. The third-order valence-corrected chi connectivity index (χ3v) is 6.90. The normalized spacial score (nSPS) is 26.0. The molecule has 1 N–H and O–H groups in total. The maximum atomic E-state index is 12.6. The van der Waals surface area contributed by atoms with Crippen molar-refractivity contribution in [1.82, 2.24) is 9.55 Å². The Balaban J connectivity index is 1.59. The molecule has 4 rings (SSSR count). The largest absolute Gasteiger partial charge is 0.377 e. The number of fused-ring (bicyclic) bond motifs is 1. The van der Waals surface area contributed by atoms with E-state index in [0.717, 1.165) is 5.56 Å². The molecule has 186 valence electrons. The van der Waals surface area contributed by atoms with E-state index in [0.29, 0.717) is 6.61 Å². The summed E-state index contributed by atoms with van der Waals surface area (Å²) in [4.78, 5) is 27.0. The van der Waals surface area contributed by atoms with Gasteiger partial charge in [-0.25, -0.2) is 4.79 Å². The summed E-state index contributed by atoms with van der Waals surface area (Å²) in [5, 5.41) is 0. The van der Waals surface area contributed by atoms with Crippen LogP contribution in [0.25, 0.3) is 0 Å². The topological polar surface area (TPSA) is 135 Å². The summed E-state index contributed by atoms with van der Waals surface area (Å²) in [6.07, 6.45) is -1.92. The van der Waals surface area contributed by atoms with Gasteiger partial charge < -0.3 is 18.9 Å². The van der Waals surface area contributed by atoms with E-state index in [1.807, 2.05) is 6.92 Å². The molecule has 2 aliphatic rings. The van der Waals surface area contributed by atoms with Crippen molar-refractivity contribution in [3.05, 3.63) is 62.4 Å². The van der Waals surface area contributed by atoms with Crippen LogP contribution >= 0.6 is 0 Å². The molecule has 11 nitrogen and oxygen atoms in total. The van der Waals surface area contributed by atoms with Gasteiger partial charge in [-0.3, -0.25) is 18.5 Å². The summed E-state index contributed by atoms with van der Waals surface area (Å²) in [6, 6.07) is 6.27. The quantitative estimate of drug-likeness (QED) is 0.535. The Morgan fingerprint density at radius 3 is 2.47 bits per heavy atom. The van der Waals surface area contributed by atoms with Crippen molar-refractivity contribution in [2.45, 2.75) is 69.5 Å². The summed E-state index contributed by atoms with van der Waals surface area (Å²) < 4.78 is 55.0. The minimum atomic E-state index is -4.04. The van der Waals surface area contributed by atoms with Crippen molar-refractivity contribution in [1.29, 1.82) is 0 Å². The first-order valence-electron chi connectivity index (χ1n) is 10.9. The summed E-state index contributed by atoms with van der Waals surface area (Å²) >= 11 is 0. The Labute approximate surface area is 196 Å². The highest BCUT2D eigenvalue weighted by Gasteiger charge is 2.56. The minimum absolute atomic E-state index is 0.0110. The summed E-state index contributed by atoms with van der Waals surface area (Å²) in [6.45, 7) is 7.11. The first-order valence-corrected chi connectivity index (χ1v) is 12.3. The number of ether oxygens (including phenoxy) is 4. The average Bonchev–Trinajstić information content (AvgIpc) is 3.25. The molecular weight excluding hydrogens is 468 g/mol. The van der Waals surface area contributed by atoms with Crippen LogP contribution in [0.15, 0.2) is 44.9 Å². The minimum Gasteiger partial charge on any atom is -0.377 e. The maximum absolute atomic E-state index is 12.6. The molecule has 12 heteroatoms. The van der Waals surface area contributed by atoms with Crippen LogP contribution < -0.4 is 11.2 Å². The van der Waals surface area contributed by atoms with E-state index in [2.05, 4.69) is 4.98 Å². The molecule has 0 radical (unpaired) electrons. The van der Waals surface area contributed by atoms with Gasteiger partial charge in [-0.1, -0.05) is 17.7 Å². The number of aryl methyl sites for hydroxylation is 1. The Kier molecular flexibility index (Phi) is 6.82. The fourth-order valence-corrected chi connectivity index (χ4v) is 4.90. The van der Waals surface area contributed by atoms with Crippen molar-refractivity contribution in [2.24, 2.45) is 0 Å². The molecule has 0 bridgehead atoms. The number of nitrogens with zero attached hydrogens (tertiary/aromatic N) is 1. The molecule has 3 heterocycles. The van der Waals surface area contributed by atoms with Gasteiger partial charge in [0.25, 0.3) is 15.7 Å². The molecule has 4 atom stereocenters. The molecule has 2 saturated heterocycles. The number of rotatable bonds is 8. The molecule has 2 aromatic rings. The Morgan fingerprint density at radius 1 is 1.12 bits per heavy atom. The van der Waals surface area contributed by atoms with E-state index >= 15 is 0 Å². The van der Waals surface area contributed by atoms with Gasteiger partial charge in [0.05, 0.1) is 23.7 Å². The van der Waals surface area contributed by atoms with Crippen LogP contribution in [0, 0.1) is 6.92 Å². The first-order chi connectivity index (χ1) is 16.0. The SMILES string of the molecule is CCOCc1cn([C@@H]2O[C@H](COS(=O)(=O)c3ccc(C)cc3)[C@H]3OC(C)(C)O[C@H]32)c(=O)[nH]c1=O. The van der Waals surface area contributed by atoms with Crippen molar-refractivity contribution < 1.29 is 31.5 Å². The zero-order chi connectivity index (χ0) is 24.7. The molecule has 2 aliphatic heterocycles. The number of aromatic nitrogens is 2. The van der Waals surface area contributed by atoms with Gasteiger partial charge in [-0.05, 0) is 39.8 Å². The Hall–Kier alpha value is -2.35. The number of benzene rings is 1. The van der Waals surface area contributed by atoms with Gasteiger partial charge in [-0.15, -0.1) is 0 Å². The van der Waals surface area contributed by atoms with E-state index in [1.54, 1.807) is 32.9 Å². The number of hydrogen-bond donors (Lipinski definition) is 1. The average molecular weight is 497 g/mol. The van der Waals surface area contributed by atoms with Crippen LogP contribution in [-0.2, 0) is 39.9 Å². The van der Waals surface area contributed by atoms with Crippen molar-refractivity contribution in [3.8, 4) is 0 Å². The summed E-state index contributed by atoms with van der Waals surface area (Å²) in [7, 11) is -4.04. The number of aromatic amines is 1. The van der Waals surface area contributed by atoms with Crippen molar-refractivity contribution in [3.63, 3.8) is 0 Å². The zero-order valence-corrected chi connectivity index (χ0v) is 20.2. The molecule has 0 spiro atoms. The van der Waals surface area contributed by atoms with Crippen LogP contribution in [0.5, 0.6) is 0 Å². The third-order valence-electron chi connectivity index (χ3n) is 5.60. The lowest BCUT2D eigenvalue weighted by Crippen LogP contribution is -2.38.